The van der Waals surface area contributed by atoms with Crippen molar-refractivity contribution in [3.63, 3.8) is 0 Å². The van der Waals surface area contributed by atoms with Crippen molar-refractivity contribution in [1.29, 1.82) is 0 Å². The van der Waals surface area contributed by atoms with E-state index in [1.807, 2.05) is 5.79 Å². The average Bonchev–Trinajstić information content (AvgIpc) is 2.02. The zero-order chi connectivity index (χ0) is 8.85. The predicted octanol–water partition coefficient (Wildman–Crippen LogP) is 1.58. The van der Waals surface area contributed by atoms with Gasteiger partial charge in [0.2, 0.25) is 0 Å². The Morgan fingerprint density at radius 3 is 2.17 bits per heavy atom. The summed E-state index contributed by atoms with van der Waals surface area (Å²) < 4.78 is 0.0419. The van der Waals surface area contributed by atoms with Crippen molar-refractivity contribution in [1.82, 2.24) is 0 Å². The maximum atomic E-state index is 10.9. The highest BCUT2D eigenvalue weighted by molar-refractivity contribution is 6.92. The molecule has 0 aliphatic heterocycles. The summed E-state index contributed by atoms with van der Waals surface area (Å²) in [5.74, 6) is 1.80. The molecule has 12 heavy (non-hydrogen) atoms. The van der Waals surface area contributed by atoms with Gasteiger partial charge >= 0.3 is 14.1 Å². The molecular formula is C8H12AlClO2. The number of allylic oxidation sites excluding steroid dienone is 2. The minimum atomic E-state index is -1.55. The van der Waals surface area contributed by atoms with Gasteiger partial charge in [0.05, 0.1) is 4.65 Å². The molecule has 0 aromatic heterocycles. The molecule has 0 unspecified atom stereocenters. The number of carbonyl (C=O) groups excluding carboxylic acids is 2. The Hall–Kier alpha value is -0.358. The fraction of sp³-hybridized carbons (Fsp3) is 0.250. The number of hydrogen-bond acceptors (Lipinski definition) is 2. The van der Waals surface area contributed by atoms with Gasteiger partial charge in [-0.3, -0.25) is 4.79 Å². The molecule has 0 fully saturated rings. The number of rotatable bonds is 5. The lowest BCUT2D eigenvalue weighted by Gasteiger charge is -1.96. The average molecular weight is 203 g/mol. The van der Waals surface area contributed by atoms with E-state index in [2.05, 4.69) is 13.2 Å². The number of hydrogen-bond donors (Lipinski definition) is 0. The molecule has 0 saturated heterocycles. The fourth-order valence-electron chi connectivity index (χ4n) is 0.687. The van der Waals surface area contributed by atoms with E-state index in [4.69, 9.17) is 0 Å². The van der Waals surface area contributed by atoms with Crippen molar-refractivity contribution >= 4 is 37.0 Å². The molecule has 0 saturated carbocycles. The number of halogens is 1. The molecule has 0 spiro atoms. The Kier molecular flexibility index (Phi) is 8.63. The SMILES string of the molecule is C=CC(=O)[CH2][Al]([CH3])[C](=O)C=C.Cl. The maximum absolute atomic E-state index is 10.9. The molecule has 66 valence electrons. The highest BCUT2D eigenvalue weighted by Crippen LogP contribution is 1.96. The lowest BCUT2D eigenvalue weighted by molar-refractivity contribution is -0.113. The molecule has 0 aliphatic carbocycles. The van der Waals surface area contributed by atoms with Crippen molar-refractivity contribution in [2.45, 2.75) is 11.1 Å². The Labute approximate surface area is 83.1 Å². The third kappa shape index (κ3) is 5.31. The van der Waals surface area contributed by atoms with Crippen molar-refractivity contribution < 1.29 is 9.59 Å². The Bertz CT molecular complexity index is 201. The summed E-state index contributed by atoms with van der Waals surface area (Å²) in [5, 5.41) is 0.369. The van der Waals surface area contributed by atoms with Crippen LogP contribution in [0.15, 0.2) is 25.3 Å². The van der Waals surface area contributed by atoms with Crippen LogP contribution in [-0.4, -0.2) is 24.6 Å². The Morgan fingerprint density at radius 1 is 1.33 bits per heavy atom. The molecule has 0 aliphatic rings. The van der Waals surface area contributed by atoms with E-state index in [1.54, 1.807) is 0 Å². The summed E-state index contributed by atoms with van der Waals surface area (Å²) >= 11 is -1.55. The minimum absolute atomic E-state index is 0. The van der Waals surface area contributed by atoms with Crippen LogP contribution < -0.4 is 0 Å². The molecule has 0 rings (SSSR count). The first-order chi connectivity index (χ1) is 5.11. The summed E-state index contributed by atoms with van der Waals surface area (Å²) in [4.78, 5) is 21.7. The largest absolute Gasteiger partial charge is 0.377 e. The van der Waals surface area contributed by atoms with Gasteiger partial charge in [-0.05, 0) is 17.4 Å². The smallest absolute Gasteiger partial charge is 0.316 e. The van der Waals surface area contributed by atoms with Gasteiger partial charge in [-0.15, -0.1) is 12.4 Å². The predicted molar refractivity (Wildman–Crippen MR) is 54.1 cm³/mol. The molecule has 0 N–H and O–H groups in total. The Balaban J connectivity index is 0. The molecule has 0 radical (unpaired) electrons. The quantitative estimate of drug-likeness (QED) is 0.501. The van der Waals surface area contributed by atoms with Crippen LogP contribution >= 0.6 is 12.4 Å². The lowest BCUT2D eigenvalue weighted by atomic mass is 10.4. The summed E-state index contributed by atoms with van der Waals surface area (Å²) in [7, 11) is 0. The molecular weight excluding hydrogens is 191 g/mol. The highest BCUT2D eigenvalue weighted by atomic mass is 35.5. The second-order valence-electron chi connectivity index (χ2n) is 2.38. The third-order valence-electron chi connectivity index (χ3n) is 1.42. The molecule has 0 heterocycles. The maximum Gasteiger partial charge on any atom is 0.377 e. The van der Waals surface area contributed by atoms with Crippen LogP contribution in [-0.2, 0) is 9.59 Å². The van der Waals surface area contributed by atoms with Crippen LogP contribution in [0.5, 0.6) is 0 Å². The molecule has 0 bridgehead atoms. The zero-order valence-electron chi connectivity index (χ0n) is 7.08. The zero-order valence-corrected chi connectivity index (χ0v) is 9.05. The van der Waals surface area contributed by atoms with Crippen molar-refractivity contribution in [2.75, 3.05) is 0 Å². The van der Waals surface area contributed by atoms with Crippen molar-refractivity contribution in [3.05, 3.63) is 25.3 Å². The summed E-state index contributed by atoms with van der Waals surface area (Å²) in [5.41, 5.74) is 0. The first-order valence-corrected chi connectivity index (χ1v) is 5.98. The standard InChI is InChI=1S/C4H5O.C3H3O.CH3.Al.ClH/c1-3-4(2)5;1-2-3-4;;;/h3H,1-2H2;2H,1H2;1H3;;1H. The number of carbonyl (C=O) groups is 2. The Morgan fingerprint density at radius 2 is 1.83 bits per heavy atom. The number of ketones is 1. The van der Waals surface area contributed by atoms with Crippen LogP contribution in [0, 0.1) is 0 Å². The summed E-state index contributed by atoms with van der Waals surface area (Å²) in [6.07, 6.45) is 2.56. The van der Waals surface area contributed by atoms with E-state index >= 15 is 0 Å². The molecule has 0 aromatic rings. The van der Waals surface area contributed by atoms with Gasteiger partial charge in [0.1, 0.15) is 5.78 Å². The second-order valence-corrected chi connectivity index (χ2v) is 5.16. The van der Waals surface area contributed by atoms with E-state index in [1.165, 1.54) is 12.2 Å². The normalized spacial score (nSPS) is 7.75. The topological polar surface area (TPSA) is 34.1 Å². The van der Waals surface area contributed by atoms with Gasteiger partial charge in [-0.2, -0.15) is 0 Å². The van der Waals surface area contributed by atoms with E-state index in [0.29, 0.717) is 5.28 Å². The monoisotopic (exact) mass is 202 g/mol. The molecule has 0 atom stereocenters. The van der Waals surface area contributed by atoms with Gasteiger partial charge in [0, 0.05) is 0 Å². The van der Waals surface area contributed by atoms with Gasteiger partial charge in [-0.25, -0.2) is 0 Å². The molecule has 0 amide bonds. The second kappa shape index (κ2) is 7.30. The van der Waals surface area contributed by atoms with Crippen LogP contribution in [0.3, 0.4) is 0 Å². The van der Waals surface area contributed by atoms with Gasteiger partial charge in [-0.1, -0.05) is 18.9 Å². The lowest BCUT2D eigenvalue weighted by Crippen LogP contribution is -2.22. The van der Waals surface area contributed by atoms with Crippen molar-refractivity contribution in [2.24, 2.45) is 0 Å². The summed E-state index contributed by atoms with van der Waals surface area (Å²) in [6.45, 7) is 6.70. The van der Waals surface area contributed by atoms with Crippen LogP contribution in [0.4, 0.5) is 0 Å². The van der Waals surface area contributed by atoms with Crippen LogP contribution in [0.2, 0.25) is 11.1 Å². The van der Waals surface area contributed by atoms with Crippen molar-refractivity contribution in [3.8, 4) is 0 Å². The van der Waals surface area contributed by atoms with Gasteiger partial charge in [0.25, 0.3) is 0 Å². The van der Waals surface area contributed by atoms with E-state index in [0.717, 1.165) is 0 Å². The van der Waals surface area contributed by atoms with E-state index in [9.17, 15) is 9.59 Å². The molecule has 0 aromatic carbocycles. The van der Waals surface area contributed by atoms with E-state index in [-0.39, 0.29) is 22.8 Å². The van der Waals surface area contributed by atoms with Gasteiger partial charge in [0.15, 0.2) is 0 Å². The van der Waals surface area contributed by atoms with Crippen LogP contribution in [0.25, 0.3) is 0 Å². The minimum Gasteiger partial charge on any atom is -0.316 e. The first kappa shape index (κ1) is 14.2. The van der Waals surface area contributed by atoms with E-state index < -0.39 is 14.1 Å². The molecule has 4 heteroatoms. The fourth-order valence-corrected chi connectivity index (χ4v) is 2.06. The summed E-state index contributed by atoms with van der Waals surface area (Å²) in [6, 6.07) is 0. The molecule has 2 nitrogen and oxygen atoms in total. The highest BCUT2D eigenvalue weighted by Gasteiger charge is 2.20. The van der Waals surface area contributed by atoms with Gasteiger partial charge < -0.3 is 4.79 Å². The third-order valence-corrected chi connectivity index (χ3v) is 3.64. The first-order valence-electron chi connectivity index (χ1n) is 3.43. The van der Waals surface area contributed by atoms with Crippen LogP contribution in [0.1, 0.15) is 0 Å².